The number of hydrogen-bond acceptors (Lipinski definition) is 6. The second kappa shape index (κ2) is 17.1. The van der Waals surface area contributed by atoms with E-state index in [4.69, 9.17) is 6.64 Å². The van der Waals surface area contributed by atoms with Crippen molar-refractivity contribution in [1.29, 1.82) is 0 Å². The molecule has 6 nitrogen and oxygen atoms in total. The van der Waals surface area contributed by atoms with Crippen LogP contribution in [0.1, 0.15) is 118 Å². The van der Waals surface area contributed by atoms with Crippen LogP contribution in [0.4, 0.5) is 0 Å². The Labute approximate surface area is 209 Å². The van der Waals surface area contributed by atoms with Crippen LogP contribution in [0.3, 0.4) is 0 Å². The molecule has 0 aliphatic carbocycles. The zero-order valence-electron chi connectivity index (χ0n) is 22.1. The summed E-state index contributed by atoms with van der Waals surface area (Å²) >= 11 is -6.33. The molecule has 34 heavy (non-hydrogen) atoms. The first-order chi connectivity index (χ1) is 16.0. The van der Waals surface area contributed by atoms with Crippen LogP contribution in [0, 0.1) is 5.92 Å². The van der Waals surface area contributed by atoms with Gasteiger partial charge in [-0.2, -0.15) is 0 Å². The monoisotopic (exact) mass is 516 g/mol. The molecule has 0 aromatic rings. The van der Waals surface area contributed by atoms with Gasteiger partial charge in [0.2, 0.25) is 0 Å². The molecule has 0 amide bonds. The average Bonchev–Trinajstić information content (AvgIpc) is 2.78. The molecule has 0 heterocycles. The minimum absolute atomic E-state index is 0.0649. The summed E-state index contributed by atoms with van der Waals surface area (Å²) in [5.74, 6) is -1.27. The Morgan fingerprint density at radius 1 is 0.676 bits per heavy atom. The van der Waals surface area contributed by atoms with Crippen LogP contribution in [0.25, 0.3) is 0 Å². The van der Waals surface area contributed by atoms with E-state index in [0.29, 0.717) is 6.42 Å². The minimum atomic E-state index is -6.33. The van der Waals surface area contributed by atoms with Gasteiger partial charge in [-0.25, -0.2) is 0 Å². The Hall–Kier alpha value is -1.40. The number of rotatable bonds is 21. The molecule has 0 saturated carbocycles. The third-order valence-electron chi connectivity index (χ3n) is 6.35. The SMILES string of the molecule is C=CC(=O)[O][Ti](=[O])([O]C(=O)C=C)([C](=O)CCCCCCCCCCCCCCC(C)C)[CH](C)C. The number of carbonyl (C=O) groups is 3. The van der Waals surface area contributed by atoms with Crippen LogP contribution >= 0.6 is 0 Å². The van der Waals surface area contributed by atoms with Crippen LogP contribution < -0.4 is 0 Å². The van der Waals surface area contributed by atoms with Crippen molar-refractivity contribution < 1.29 is 40.4 Å². The summed E-state index contributed by atoms with van der Waals surface area (Å²) in [6, 6.07) is 0. The molecule has 0 N–H and O–H groups in total. The molecule has 0 saturated heterocycles. The zero-order valence-corrected chi connectivity index (χ0v) is 23.6. The standard InChI is InChI=1S/C18H35O.2C3H4O2.C3H7.O.Ti/c1-18(2)16-14-12-10-8-6-4-3-5-7-9-11-13-15-17-19;2*1-2-3(4)5;1-3-2;;/h18H,3-16H2,1-2H3;2*2H,1H2,(H,4,5);3H,1-2H3;;/q;;;;;+2/p-2. The normalized spacial score (nSPS) is 12.0. The topological polar surface area (TPSA) is 86.7 Å². The first kappa shape index (κ1) is 32.6. The summed E-state index contributed by atoms with van der Waals surface area (Å²) in [5.41, 5.74) is 0. The first-order valence-corrected chi connectivity index (χ1v) is 16.7. The van der Waals surface area contributed by atoms with Crippen LogP contribution in [0.2, 0.25) is 4.22 Å². The van der Waals surface area contributed by atoms with Crippen LogP contribution in [-0.2, 0) is 40.4 Å². The fourth-order valence-electron chi connectivity index (χ4n) is 3.99. The third kappa shape index (κ3) is 11.8. The molecular formula is C27H48O6Ti. The Bertz CT molecular complexity index is 697. The van der Waals surface area contributed by atoms with Gasteiger partial charge in [0.15, 0.2) is 0 Å². The van der Waals surface area contributed by atoms with Crippen molar-refractivity contribution in [3.63, 3.8) is 0 Å². The van der Waals surface area contributed by atoms with E-state index in [0.717, 1.165) is 37.3 Å². The van der Waals surface area contributed by atoms with Crippen molar-refractivity contribution in [3.8, 4) is 0 Å². The molecule has 0 aliphatic heterocycles. The molecule has 0 aromatic carbocycles. The number of carbonyl (C=O) groups excluding carboxylic acids is 3. The first-order valence-electron chi connectivity index (χ1n) is 13.1. The predicted octanol–water partition coefficient (Wildman–Crippen LogP) is 7.78. The van der Waals surface area contributed by atoms with Crippen LogP contribution in [0.5, 0.6) is 0 Å². The summed E-state index contributed by atoms with van der Waals surface area (Å²) in [7, 11) is 0. The molecule has 0 radical (unpaired) electrons. The fraction of sp³-hybridized carbons (Fsp3) is 0.741. The quantitative estimate of drug-likeness (QED) is 0.0879. The third-order valence-corrected chi connectivity index (χ3v) is 13.3. The average molecular weight is 517 g/mol. The van der Waals surface area contributed by atoms with Gasteiger partial charge >= 0.3 is 170 Å². The Morgan fingerprint density at radius 3 is 1.35 bits per heavy atom. The van der Waals surface area contributed by atoms with Crippen molar-refractivity contribution in [1.82, 2.24) is 0 Å². The second-order valence-electron chi connectivity index (χ2n) is 10.1. The van der Waals surface area contributed by atoms with E-state index in [1.165, 1.54) is 71.6 Å². The Balaban J connectivity index is 4.35. The van der Waals surface area contributed by atoms with Crippen molar-refractivity contribution in [2.45, 2.75) is 122 Å². The second-order valence-corrected chi connectivity index (χ2v) is 16.7. The van der Waals surface area contributed by atoms with E-state index in [-0.39, 0.29) is 6.42 Å². The van der Waals surface area contributed by atoms with Gasteiger partial charge in [-0.05, 0) is 5.92 Å². The zero-order chi connectivity index (χ0) is 26.1. The van der Waals surface area contributed by atoms with Gasteiger partial charge in [0.25, 0.3) is 0 Å². The summed E-state index contributed by atoms with van der Waals surface area (Å²) in [6.07, 6.45) is 16.6. The maximum atomic E-state index is 13.9. The molecule has 0 spiro atoms. The van der Waals surface area contributed by atoms with Crippen LogP contribution in [-0.4, -0.2) is 16.0 Å². The van der Waals surface area contributed by atoms with Crippen molar-refractivity contribution in [2.24, 2.45) is 5.92 Å². The summed E-state index contributed by atoms with van der Waals surface area (Å²) in [4.78, 5) is 36.7. The molecule has 0 fully saturated rings. The molecule has 0 bridgehead atoms. The van der Waals surface area contributed by atoms with Crippen molar-refractivity contribution in [3.05, 3.63) is 25.3 Å². The van der Waals surface area contributed by atoms with E-state index in [1.807, 2.05) is 0 Å². The molecule has 0 rings (SSSR count). The van der Waals surface area contributed by atoms with Gasteiger partial charge in [-0.1, -0.05) is 33.1 Å². The van der Waals surface area contributed by atoms with Gasteiger partial charge in [0.1, 0.15) is 0 Å². The maximum absolute atomic E-state index is 13.9. The van der Waals surface area contributed by atoms with Crippen molar-refractivity contribution >= 4 is 16.0 Å². The van der Waals surface area contributed by atoms with E-state index < -0.39 is 36.3 Å². The molecule has 0 aliphatic rings. The van der Waals surface area contributed by atoms with Crippen LogP contribution in [0.15, 0.2) is 25.3 Å². The summed E-state index contributed by atoms with van der Waals surface area (Å²) in [6.45, 7) is 14.0. The molecule has 196 valence electrons. The van der Waals surface area contributed by atoms with Gasteiger partial charge < -0.3 is 0 Å². The number of unbranched alkanes of at least 4 members (excludes halogenated alkanes) is 11. The Kier molecular flexibility index (Phi) is 16.4. The van der Waals surface area contributed by atoms with E-state index >= 15 is 0 Å². The fourth-order valence-corrected chi connectivity index (χ4v) is 8.58. The summed E-state index contributed by atoms with van der Waals surface area (Å²) in [5, 5.41) is 0. The van der Waals surface area contributed by atoms with Gasteiger partial charge in [-0.3, -0.25) is 0 Å². The van der Waals surface area contributed by atoms with Gasteiger partial charge in [0, 0.05) is 0 Å². The molecular weight excluding hydrogens is 468 g/mol. The molecule has 7 heteroatoms. The van der Waals surface area contributed by atoms with Gasteiger partial charge in [0.05, 0.1) is 0 Å². The molecule has 0 unspecified atom stereocenters. The molecule has 0 atom stereocenters. The van der Waals surface area contributed by atoms with E-state index in [9.17, 15) is 17.7 Å². The van der Waals surface area contributed by atoms with E-state index in [2.05, 4.69) is 27.0 Å². The Morgan fingerprint density at radius 2 is 1.03 bits per heavy atom. The summed E-state index contributed by atoms with van der Waals surface area (Å²) < 4.78 is 22.3. The number of hydrogen-bond donors (Lipinski definition) is 0. The van der Waals surface area contributed by atoms with E-state index in [1.54, 1.807) is 0 Å². The van der Waals surface area contributed by atoms with Crippen molar-refractivity contribution in [2.75, 3.05) is 0 Å². The van der Waals surface area contributed by atoms with Gasteiger partial charge in [-0.15, -0.1) is 0 Å². The molecule has 0 aromatic heterocycles. The predicted molar refractivity (Wildman–Crippen MR) is 133 cm³/mol.